The van der Waals surface area contributed by atoms with Crippen molar-refractivity contribution in [3.8, 4) is 24.0 Å². The van der Waals surface area contributed by atoms with Gasteiger partial charge in [-0.2, -0.15) is 15.8 Å². The number of rotatable bonds is 5. The molecule has 0 aliphatic carbocycles. The molecule has 0 saturated carbocycles. The van der Waals surface area contributed by atoms with Gasteiger partial charge in [-0.05, 0) is 63.2 Å². The number of anilines is 1. The van der Waals surface area contributed by atoms with Gasteiger partial charge in [0, 0.05) is 5.69 Å². The summed E-state index contributed by atoms with van der Waals surface area (Å²) in [6.45, 7) is 2.93. The Kier molecular flexibility index (Phi) is 6.20. The summed E-state index contributed by atoms with van der Waals surface area (Å²) in [5, 5.41) is 29.4. The third-order valence-corrected chi connectivity index (χ3v) is 4.03. The van der Waals surface area contributed by atoms with Crippen LogP contribution in [0.4, 0.5) is 5.69 Å². The molecular weight excluding hydrogens is 302 g/mol. The van der Waals surface area contributed by atoms with Crippen LogP contribution in [0.15, 0.2) is 35.5 Å². The van der Waals surface area contributed by atoms with Gasteiger partial charge in [0.2, 0.25) is 0 Å². The summed E-state index contributed by atoms with van der Waals surface area (Å²) in [4.78, 5) is 2.33. The third kappa shape index (κ3) is 4.74. The first-order chi connectivity index (χ1) is 11.7. The van der Waals surface area contributed by atoms with Crippen molar-refractivity contribution in [2.45, 2.75) is 12.8 Å². The fourth-order valence-corrected chi connectivity index (χ4v) is 2.50. The van der Waals surface area contributed by atoms with Crippen molar-refractivity contribution in [1.29, 1.82) is 15.8 Å². The summed E-state index contributed by atoms with van der Waals surface area (Å²) in [7, 11) is 2.14. The van der Waals surface area contributed by atoms with Crippen molar-refractivity contribution in [3.63, 3.8) is 0 Å². The molecule has 24 heavy (non-hydrogen) atoms. The zero-order valence-electron chi connectivity index (χ0n) is 13.6. The van der Waals surface area contributed by atoms with Crippen LogP contribution in [-0.4, -0.2) is 31.6 Å². The fraction of sp³-hybridized carbons (Fsp3) is 0.389. The highest BCUT2D eigenvalue weighted by molar-refractivity contribution is 5.58. The van der Waals surface area contributed by atoms with Gasteiger partial charge in [-0.1, -0.05) is 0 Å². The van der Waals surface area contributed by atoms with E-state index in [9.17, 15) is 0 Å². The lowest BCUT2D eigenvalue weighted by Crippen LogP contribution is -2.32. The Morgan fingerprint density at radius 2 is 1.75 bits per heavy atom. The van der Waals surface area contributed by atoms with Gasteiger partial charge >= 0.3 is 0 Å². The van der Waals surface area contributed by atoms with Crippen LogP contribution in [0.25, 0.3) is 0 Å². The molecular formula is C18H19N5O. The molecule has 1 aromatic rings. The minimum absolute atomic E-state index is 0.0556. The summed E-state index contributed by atoms with van der Waals surface area (Å²) in [5.41, 5.74) is 0.335. The quantitative estimate of drug-likeness (QED) is 0.838. The highest BCUT2D eigenvalue weighted by atomic mass is 16.5. The predicted octanol–water partition coefficient (Wildman–Crippen LogP) is 2.64. The zero-order valence-corrected chi connectivity index (χ0v) is 13.6. The molecule has 0 unspecified atom stereocenters. The monoisotopic (exact) mass is 321 g/mol. The summed E-state index contributed by atoms with van der Waals surface area (Å²) in [6, 6.07) is 12.4. The predicted molar refractivity (Wildman–Crippen MR) is 89.6 cm³/mol. The van der Waals surface area contributed by atoms with Crippen molar-refractivity contribution in [1.82, 2.24) is 4.90 Å². The molecule has 0 amide bonds. The number of nitrogens with zero attached hydrogens (tertiary/aromatic N) is 4. The van der Waals surface area contributed by atoms with Gasteiger partial charge in [-0.3, -0.25) is 0 Å². The second-order valence-corrected chi connectivity index (χ2v) is 5.79. The summed E-state index contributed by atoms with van der Waals surface area (Å²) >= 11 is 0. The maximum absolute atomic E-state index is 9.02. The molecule has 0 atom stereocenters. The number of piperidine rings is 1. The topological polar surface area (TPSA) is 95.9 Å². The third-order valence-electron chi connectivity index (χ3n) is 4.03. The molecule has 1 saturated heterocycles. The van der Waals surface area contributed by atoms with E-state index in [0.29, 0.717) is 18.2 Å². The van der Waals surface area contributed by atoms with Crippen molar-refractivity contribution >= 4 is 5.69 Å². The van der Waals surface area contributed by atoms with Crippen molar-refractivity contribution in [2.75, 3.05) is 32.1 Å². The highest BCUT2D eigenvalue weighted by Gasteiger charge is 2.17. The van der Waals surface area contributed by atoms with Crippen LogP contribution in [0.3, 0.4) is 0 Å². The second kappa shape index (κ2) is 8.58. The lowest BCUT2D eigenvalue weighted by Gasteiger charge is -2.28. The van der Waals surface area contributed by atoms with Crippen LogP contribution in [0.5, 0.6) is 5.75 Å². The van der Waals surface area contributed by atoms with Gasteiger partial charge < -0.3 is 15.0 Å². The van der Waals surface area contributed by atoms with Gasteiger partial charge in [0.05, 0.1) is 6.61 Å². The van der Waals surface area contributed by atoms with E-state index < -0.39 is 0 Å². The molecule has 0 radical (unpaired) electrons. The van der Waals surface area contributed by atoms with Crippen LogP contribution in [-0.2, 0) is 0 Å². The highest BCUT2D eigenvalue weighted by Crippen LogP contribution is 2.21. The van der Waals surface area contributed by atoms with Crippen LogP contribution in [0, 0.1) is 39.9 Å². The van der Waals surface area contributed by atoms with E-state index in [1.54, 1.807) is 24.3 Å². The van der Waals surface area contributed by atoms with Crippen LogP contribution in [0.1, 0.15) is 12.8 Å². The van der Waals surface area contributed by atoms with E-state index >= 15 is 0 Å². The van der Waals surface area contributed by atoms with E-state index in [4.69, 9.17) is 20.5 Å². The minimum atomic E-state index is -0.236. The lowest BCUT2D eigenvalue weighted by molar-refractivity contribution is 0.160. The maximum Gasteiger partial charge on any atom is 0.163 e. The molecule has 6 nitrogen and oxygen atoms in total. The number of nitrogens with one attached hydrogen (secondary N) is 1. The largest absolute Gasteiger partial charge is 0.493 e. The van der Waals surface area contributed by atoms with E-state index in [1.807, 2.05) is 18.2 Å². The van der Waals surface area contributed by atoms with Crippen molar-refractivity contribution in [3.05, 3.63) is 35.5 Å². The molecule has 6 heteroatoms. The Morgan fingerprint density at radius 3 is 2.29 bits per heavy atom. The minimum Gasteiger partial charge on any atom is -0.493 e. The zero-order chi connectivity index (χ0) is 17.4. The van der Waals surface area contributed by atoms with Gasteiger partial charge in [0.15, 0.2) is 5.57 Å². The molecule has 1 heterocycles. The Morgan fingerprint density at radius 1 is 1.12 bits per heavy atom. The standard InChI is InChI=1S/C18H19N5O/c1-23-8-6-14(7-9-23)13-24-17-4-2-16(3-5-17)22-18(12-21)15(10-19)11-20/h2-5,14,22H,6-9,13H2,1H3. The average molecular weight is 321 g/mol. The summed E-state index contributed by atoms with van der Waals surface area (Å²) < 4.78 is 5.83. The smallest absolute Gasteiger partial charge is 0.163 e. The number of nitriles is 3. The first kappa shape index (κ1) is 17.3. The lowest BCUT2D eigenvalue weighted by atomic mass is 9.98. The van der Waals surface area contributed by atoms with Gasteiger partial charge in [-0.15, -0.1) is 0 Å². The molecule has 1 N–H and O–H groups in total. The maximum atomic E-state index is 9.02. The first-order valence-corrected chi connectivity index (χ1v) is 7.79. The SMILES string of the molecule is CN1CCC(COc2ccc(NC(C#N)=C(C#N)C#N)cc2)CC1. The number of likely N-dealkylation sites (tertiary alicyclic amines) is 1. The Hall–Kier alpha value is -3.01. The van der Waals surface area contributed by atoms with Crippen LogP contribution in [0.2, 0.25) is 0 Å². The van der Waals surface area contributed by atoms with Crippen molar-refractivity contribution < 1.29 is 4.74 Å². The Bertz CT molecular complexity index is 694. The Labute approximate surface area is 142 Å². The number of hydrogen-bond acceptors (Lipinski definition) is 6. The number of benzene rings is 1. The summed E-state index contributed by atoms with van der Waals surface area (Å²) in [5.74, 6) is 1.35. The van der Waals surface area contributed by atoms with E-state index in [0.717, 1.165) is 31.7 Å². The molecule has 0 bridgehead atoms. The molecule has 122 valence electrons. The van der Waals surface area contributed by atoms with Crippen LogP contribution >= 0.6 is 0 Å². The first-order valence-electron chi connectivity index (χ1n) is 7.79. The van der Waals surface area contributed by atoms with E-state index in [1.165, 1.54) is 0 Å². The molecule has 2 rings (SSSR count). The summed E-state index contributed by atoms with van der Waals surface area (Å²) in [6.07, 6.45) is 2.30. The fourth-order valence-electron chi connectivity index (χ4n) is 2.50. The van der Waals surface area contributed by atoms with Crippen molar-refractivity contribution in [2.24, 2.45) is 5.92 Å². The van der Waals surface area contributed by atoms with Gasteiger partial charge in [-0.25, -0.2) is 0 Å². The number of allylic oxidation sites excluding steroid dienone is 2. The molecule has 0 spiro atoms. The van der Waals surface area contributed by atoms with E-state index in [2.05, 4.69) is 17.3 Å². The molecule has 1 aliphatic rings. The van der Waals surface area contributed by atoms with Gasteiger partial charge in [0.1, 0.15) is 29.7 Å². The normalized spacial score (nSPS) is 14.8. The molecule has 0 aromatic heterocycles. The molecule has 1 aromatic carbocycles. The molecule has 1 fully saturated rings. The Balaban J connectivity index is 1.92. The average Bonchev–Trinajstić information content (AvgIpc) is 2.62. The second-order valence-electron chi connectivity index (χ2n) is 5.79. The number of ether oxygens (including phenoxy) is 1. The number of hydrogen-bond donors (Lipinski definition) is 1. The van der Waals surface area contributed by atoms with Crippen LogP contribution < -0.4 is 10.1 Å². The molecule has 1 aliphatic heterocycles. The van der Waals surface area contributed by atoms with E-state index in [-0.39, 0.29) is 11.3 Å². The van der Waals surface area contributed by atoms with Gasteiger partial charge in [0.25, 0.3) is 0 Å².